The maximum absolute atomic E-state index is 5.44. The molecule has 3 heteroatoms. The van der Waals surface area contributed by atoms with Gasteiger partial charge >= 0.3 is 0 Å². The van der Waals surface area contributed by atoms with Gasteiger partial charge in [0.15, 0.2) is 0 Å². The molecule has 1 aliphatic heterocycles. The van der Waals surface area contributed by atoms with Crippen LogP contribution in [0.25, 0.3) is 0 Å². The molecule has 1 saturated heterocycles. The zero-order chi connectivity index (χ0) is 8.16. The van der Waals surface area contributed by atoms with E-state index in [0.717, 1.165) is 26.3 Å². The Morgan fingerprint density at radius 2 is 2.25 bits per heavy atom. The fourth-order valence-corrected chi connectivity index (χ4v) is 1.56. The summed E-state index contributed by atoms with van der Waals surface area (Å²) in [4.78, 5) is 0. The molecule has 1 rings (SSSR count). The van der Waals surface area contributed by atoms with E-state index in [1.807, 2.05) is 0 Å². The Hall–Kier alpha value is 0.210. The Kier molecular flexibility index (Phi) is 5.89. The Morgan fingerprint density at radius 3 is 2.75 bits per heavy atom. The molecule has 0 unspecified atom stereocenters. The van der Waals surface area contributed by atoms with E-state index in [4.69, 9.17) is 4.74 Å². The van der Waals surface area contributed by atoms with Gasteiger partial charge in [-0.15, -0.1) is 12.4 Å². The van der Waals surface area contributed by atoms with Crippen molar-refractivity contribution in [2.75, 3.05) is 26.3 Å². The number of halogens is 1. The van der Waals surface area contributed by atoms with Crippen LogP contribution in [0.3, 0.4) is 0 Å². The van der Waals surface area contributed by atoms with Crippen LogP contribution in [0.5, 0.6) is 0 Å². The van der Waals surface area contributed by atoms with Crippen LogP contribution in [0.4, 0.5) is 0 Å². The largest absolute Gasteiger partial charge is 0.381 e. The van der Waals surface area contributed by atoms with Crippen molar-refractivity contribution < 1.29 is 4.74 Å². The van der Waals surface area contributed by atoms with E-state index >= 15 is 0 Å². The Bertz CT molecular complexity index is 113. The average molecular weight is 194 g/mol. The van der Waals surface area contributed by atoms with Crippen molar-refractivity contribution in [1.29, 1.82) is 0 Å². The fraction of sp³-hybridized carbons (Fsp3) is 1.00. The van der Waals surface area contributed by atoms with Crippen LogP contribution in [0.15, 0.2) is 0 Å². The molecule has 0 aromatic rings. The van der Waals surface area contributed by atoms with Gasteiger partial charge < -0.3 is 10.1 Å². The van der Waals surface area contributed by atoms with Gasteiger partial charge in [-0.3, -0.25) is 0 Å². The van der Waals surface area contributed by atoms with Gasteiger partial charge in [0.2, 0.25) is 0 Å². The average Bonchev–Trinajstić information content (AvgIpc) is 2.03. The summed E-state index contributed by atoms with van der Waals surface area (Å²) in [6.45, 7) is 8.50. The molecule has 1 N–H and O–H groups in total. The number of hydrogen-bond donors (Lipinski definition) is 1. The number of ether oxygens (including phenoxy) is 1. The minimum atomic E-state index is 0. The molecule has 2 nitrogen and oxygen atoms in total. The quantitative estimate of drug-likeness (QED) is 0.739. The first-order chi connectivity index (χ1) is 5.27. The van der Waals surface area contributed by atoms with Crippen molar-refractivity contribution in [3.63, 3.8) is 0 Å². The van der Waals surface area contributed by atoms with Gasteiger partial charge in [0, 0.05) is 18.6 Å². The second kappa shape index (κ2) is 5.79. The topological polar surface area (TPSA) is 21.3 Å². The standard InChI is InChI=1S/C9H19NO.ClH/c1-3-10-7-9(2)5-4-6-11-8-9;/h10H,3-8H2,1-2H3;1H/t9-;/m0./s1. The maximum atomic E-state index is 5.44. The van der Waals surface area contributed by atoms with Gasteiger partial charge in [0.25, 0.3) is 0 Å². The van der Waals surface area contributed by atoms with Crippen LogP contribution in [-0.2, 0) is 4.74 Å². The third-order valence-corrected chi connectivity index (χ3v) is 2.32. The molecule has 1 atom stereocenters. The predicted molar refractivity (Wildman–Crippen MR) is 54.0 cm³/mol. The first kappa shape index (κ1) is 12.2. The summed E-state index contributed by atoms with van der Waals surface area (Å²) in [6, 6.07) is 0. The van der Waals surface area contributed by atoms with Crippen molar-refractivity contribution in [2.24, 2.45) is 5.41 Å². The van der Waals surface area contributed by atoms with Gasteiger partial charge in [-0.05, 0) is 19.4 Å². The first-order valence-corrected chi connectivity index (χ1v) is 4.55. The molecular weight excluding hydrogens is 174 g/mol. The van der Waals surface area contributed by atoms with E-state index in [-0.39, 0.29) is 12.4 Å². The fourth-order valence-electron chi connectivity index (χ4n) is 1.56. The highest BCUT2D eigenvalue weighted by Gasteiger charge is 2.26. The summed E-state index contributed by atoms with van der Waals surface area (Å²) >= 11 is 0. The van der Waals surface area contributed by atoms with Crippen molar-refractivity contribution >= 4 is 12.4 Å². The van der Waals surface area contributed by atoms with E-state index in [0.29, 0.717) is 5.41 Å². The molecule has 0 radical (unpaired) electrons. The molecular formula is C9H20ClNO. The molecule has 12 heavy (non-hydrogen) atoms. The highest BCUT2D eigenvalue weighted by molar-refractivity contribution is 5.85. The predicted octanol–water partition coefficient (Wildman–Crippen LogP) is 1.83. The smallest absolute Gasteiger partial charge is 0.0531 e. The summed E-state index contributed by atoms with van der Waals surface area (Å²) in [5, 5.41) is 3.38. The normalized spacial score (nSPS) is 29.5. The zero-order valence-electron chi connectivity index (χ0n) is 8.06. The highest BCUT2D eigenvalue weighted by atomic mass is 35.5. The lowest BCUT2D eigenvalue weighted by atomic mass is 9.85. The van der Waals surface area contributed by atoms with E-state index in [1.165, 1.54) is 12.8 Å². The van der Waals surface area contributed by atoms with E-state index in [2.05, 4.69) is 19.2 Å². The van der Waals surface area contributed by atoms with Crippen molar-refractivity contribution in [2.45, 2.75) is 26.7 Å². The summed E-state index contributed by atoms with van der Waals surface area (Å²) in [5.41, 5.74) is 0.397. The van der Waals surface area contributed by atoms with Crippen molar-refractivity contribution in [3.05, 3.63) is 0 Å². The Balaban J connectivity index is 0.00000121. The monoisotopic (exact) mass is 193 g/mol. The van der Waals surface area contributed by atoms with Crippen molar-refractivity contribution in [1.82, 2.24) is 5.32 Å². The molecule has 74 valence electrons. The van der Waals surface area contributed by atoms with E-state index < -0.39 is 0 Å². The molecule has 1 heterocycles. The molecule has 0 aromatic heterocycles. The number of nitrogens with one attached hydrogen (secondary N) is 1. The van der Waals surface area contributed by atoms with Crippen LogP contribution in [0, 0.1) is 5.41 Å². The second-order valence-corrected chi connectivity index (χ2v) is 3.75. The molecule has 0 saturated carbocycles. The van der Waals surface area contributed by atoms with Gasteiger partial charge in [0.1, 0.15) is 0 Å². The van der Waals surface area contributed by atoms with Crippen LogP contribution >= 0.6 is 12.4 Å². The molecule has 0 amide bonds. The summed E-state index contributed by atoms with van der Waals surface area (Å²) in [7, 11) is 0. The minimum absolute atomic E-state index is 0. The lowest BCUT2D eigenvalue weighted by Crippen LogP contribution is -2.38. The Morgan fingerprint density at radius 1 is 1.50 bits per heavy atom. The van der Waals surface area contributed by atoms with Crippen LogP contribution in [0.1, 0.15) is 26.7 Å². The van der Waals surface area contributed by atoms with Crippen LogP contribution < -0.4 is 5.32 Å². The summed E-state index contributed by atoms with van der Waals surface area (Å²) in [5.74, 6) is 0. The molecule has 0 aliphatic carbocycles. The van der Waals surface area contributed by atoms with Gasteiger partial charge in [-0.2, -0.15) is 0 Å². The van der Waals surface area contributed by atoms with Gasteiger partial charge in [-0.1, -0.05) is 13.8 Å². The van der Waals surface area contributed by atoms with Gasteiger partial charge in [-0.25, -0.2) is 0 Å². The number of hydrogen-bond acceptors (Lipinski definition) is 2. The molecule has 0 aromatic carbocycles. The number of rotatable bonds is 3. The highest BCUT2D eigenvalue weighted by Crippen LogP contribution is 2.26. The van der Waals surface area contributed by atoms with Crippen LogP contribution in [-0.4, -0.2) is 26.3 Å². The molecule has 1 aliphatic rings. The van der Waals surface area contributed by atoms with Gasteiger partial charge in [0.05, 0.1) is 6.61 Å². The third-order valence-electron chi connectivity index (χ3n) is 2.32. The summed E-state index contributed by atoms with van der Waals surface area (Å²) in [6.07, 6.45) is 2.53. The Labute approximate surface area is 81.5 Å². The van der Waals surface area contributed by atoms with E-state index in [9.17, 15) is 0 Å². The molecule has 0 spiro atoms. The molecule has 1 fully saturated rings. The molecule has 0 bridgehead atoms. The minimum Gasteiger partial charge on any atom is -0.381 e. The third kappa shape index (κ3) is 3.74. The SMILES string of the molecule is CCNC[C@]1(C)CCCOC1.Cl. The van der Waals surface area contributed by atoms with Crippen LogP contribution in [0.2, 0.25) is 0 Å². The maximum Gasteiger partial charge on any atom is 0.0531 e. The lowest BCUT2D eigenvalue weighted by molar-refractivity contribution is 0.00338. The summed E-state index contributed by atoms with van der Waals surface area (Å²) < 4.78 is 5.44. The first-order valence-electron chi connectivity index (χ1n) is 4.55. The van der Waals surface area contributed by atoms with Crippen molar-refractivity contribution in [3.8, 4) is 0 Å². The second-order valence-electron chi connectivity index (χ2n) is 3.75. The zero-order valence-corrected chi connectivity index (χ0v) is 8.88. The van der Waals surface area contributed by atoms with E-state index in [1.54, 1.807) is 0 Å². The lowest BCUT2D eigenvalue weighted by Gasteiger charge is -2.33.